The minimum absolute atomic E-state index is 0.279. The van der Waals surface area contributed by atoms with Gasteiger partial charge in [0, 0.05) is 41.6 Å². The Morgan fingerprint density at radius 1 is 1.31 bits per heavy atom. The van der Waals surface area contributed by atoms with Gasteiger partial charge in [0.1, 0.15) is 6.10 Å². The van der Waals surface area contributed by atoms with E-state index in [0.717, 1.165) is 29.3 Å². The summed E-state index contributed by atoms with van der Waals surface area (Å²) in [5, 5.41) is 7.14. The summed E-state index contributed by atoms with van der Waals surface area (Å²) >= 11 is 6.22. The van der Waals surface area contributed by atoms with Crippen LogP contribution in [0.1, 0.15) is 24.8 Å². The van der Waals surface area contributed by atoms with Crippen LogP contribution in [0.25, 0.3) is 10.9 Å². The number of anilines is 1. The number of fused-ring (bicyclic) bond motifs is 1. The average molecular weight is 371 g/mol. The molecule has 134 valence electrons. The Kier molecular flexibility index (Phi) is 4.67. The molecule has 0 atom stereocenters. The molecule has 3 aromatic rings. The molecule has 1 fully saturated rings. The van der Waals surface area contributed by atoms with Crippen molar-refractivity contribution in [1.29, 1.82) is 0 Å². The third-order valence-corrected chi connectivity index (χ3v) is 4.78. The molecule has 0 aliphatic heterocycles. The number of carbonyl (C=O) groups excluding carboxylic acids is 1. The molecule has 0 saturated heterocycles. The van der Waals surface area contributed by atoms with E-state index in [-0.39, 0.29) is 12.1 Å². The molecule has 2 amide bonds. The van der Waals surface area contributed by atoms with Crippen molar-refractivity contribution in [3.8, 4) is 5.88 Å². The first kappa shape index (κ1) is 16.7. The zero-order valence-corrected chi connectivity index (χ0v) is 14.8. The van der Waals surface area contributed by atoms with Gasteiger partial charge in [-0.2, -0.15) is 0 Å². The molecule has 1 aliphatic rings. The number of benzene rings is 1. The first-order chi connectivity index (χ1) is 12.7. The first-order valence-corrected chi connectivity index (χ1v) is 8.98. The molecular weight excluding hydrogens is 352 g/mol. The molecule has 6 nitrogen and oxygen atoms in total. The average Bonchev–Trinajstić information content (AvgIpc) is 3.06. The number of ether oxygens (including phenoxy) is 1. The number of urea groups is 1. The fourth-order valence-corrected chi connectivity index (χ4v) is 3.12. The zero-order valence-electron chi connectivity index (χ0n) is 14.1. The summed E-state index contributed by atoms with van der Waals surface area (Å²) in [4.78, 5) is 19.5. The van der Waals surface area contributed by atoms with Gasteiger partial charge in [0.05, 0.1) is 5.02 Å². The Morgan fingerprint density at radius 2 is 2.19 bits per heavy atom. The second-order valence-corrected chi connectivity index (χ2v) is 6.78. The minimum Gasteiger partial charge on any atom is -0.474 e. The summed E-state index contributed by atoms with van der Waals surface area (Å²) in [5.41, 5.74) is 2.44. The quantitative estimate of drug-likeness (QED) is 0.620. The Balaban J connectivity index is 1.35. The van der Waals surface area contributed by atoms with Crippen LogP contribution in [0.2, 0.25) is 5.02 Å². The summed E-state index contributed by atoms with van der Waals surface area (Å²) in [7, 11) is 0. The van der Waals surface area contributed by atoms with Crippen LogP contribution in [0, 0.1) is 0 Å². The number of carbonyl (C=O) groups is 1. The van der Waals surface area contributed by atoms with E-state index in [4.69, 9.17) is 16.3 Å². The second kappa shape index (κ2) is 7.25. The third kappa shape index (κ3) is 3.75. The number of aromatic nitrogens is 2. The fraction of sp³-hybridized carbons (Fsp3) is 0.263. The molecule has 4 rings (SSSR count). The SMILES string of the molecule is O=C(NCc1ccnc(OC2CCC2)c1)Nc1cc(Cl)c2cc[nH]c2c1. The summed E-state index contributed by atoms with van der Waals surface area (Å²) in [6.45, 7) is 0.383. The Morgan fingerprint density at radius 3 is 3.00 bits per heavy atom. The standard InChI is InChI=1S/C19H19ClN4O2/c20-16-9-13(10-17-15(16)5-7-21-17)24-19(25)23-11-12-4-6-22-18(8-12)26-14-2-1-3-14/h4-10,14,21H,1-3,11H2,(H2,23,24,25). The van der Waals surface area contributed by atoms with Crippen molar-refractivity contribution in [2.24, 2.45) is 0 Å². The van der Waals surface area contributed by atoms with Crippen LogP contribution >= 0.6 is 11.6 Å². The summed E-state index contributed by atoms with van der Waals surface area (Å²) in [6.07, 6.45) is 7.17. The number of aromatic amines is 1. The van der Waals surface area contributed by atoms with E-state index >= 15 is 0 Å². The Labute approximate surface area is 155 Å². The zero-order chi connectivity index (χ0) is 17.9. The second-order valence-electron chi connectivity index (χ2n) is 6.38. The van der Waals surface area contributed by atoms with Gasteiger partial charge in [-0.3, -0.25) is 0 Å². The molecule has 0 unspecified atom stereocenters. The summed E-state index contributed by atoms with van der Waals surface area (Å²) < 4.78 is 5.78. The molecular formula is C19H19ClN4O2. The molecule has 0 radical (unpaired) electrons. The van der Waals surface area contributed by atoms with Crippen LogP contribution in [0.3, 0.4) is 0 Å². The van der Waals surface area contributed by atoms with Crippen molar-refractivity contribution in [1.82, 2.24) is 15.3 Å². The van der Waals surface area contributed by atoms with Crippen LogP contribution in [-0.4, -0.2) is 22.1 Å². The van der Waals surface area contributed by atoms with Crippen molar-refractivity contribution in [2.75, 3.05) is 5.32 Å². The molecule has 1 aliphatic carbocycles. The number of pyridine rings is 1. The van der Waals surface area contributed by atoms with Crippen molar-refractivity contribution in [3.63, 3.8) is 0 Å². The lowest BCUT2D eigenvalue weighted by Gasteiger charge is -2.25. The van der Waals surface area contributed by atoms with Crippen LogP contribution < -0.4 is 15.4 Å². The number of halogens is 1. The van der Waals surface area contributed by atoms with E-state index in [9.17, 15) is 4.79 Å². The lowest BCUT2D eigenvalue weighted by molar-refractivity contribution is 0.114. The van der Waals surface area contributed by atoms with Gasteiger partial charge in [-0.15, -0.1) is 0 Å². The number of nitrogens with zero attached hydrogens (tertiary/aromatic N) is 1. The fourth-order valence-electron chi connectivity index (χ4n) is 2.84. The molecule has 0 spiro atoms. The van der Waals surface area contributed by atoms with Crippen LogP contribution in [0.4, 0.5) is 10.5 Å². The van der Waals surface area contributed by atoms with E-state index in [1.165, 1.54) is 6.42 Å². The van der Waals surface area contributed by atoms with Gasteiger partial charge in [-0.25, -0.2) is 9.78 Å². The number of H-pyrrole nitrogens is 1. The maximum Gasteiger partial charge on any atom is 0.319 e. The van der Waals surface area contributed by atoms with Crippen molar-refractivity contribution >= 4 is 34.2 Å². The molecule has 1 saturated carbocycles. The number of hydrogen-bond acceptors (Lipinski definition) is 3. The van der Waals surface area contributed by atoms with Gasteiger partial charge >= 0.3 is 6.03 Å². The van der Waals surface area contributed by atoms with Crippen LogP contribution in [-0.2, 0) is 6.54 Å². The Bertz CT molecular complexity index is 936. The van der Waals surface area contributed by atoms with E-state index in [0.29, 0.717) is 23.1 Å². The molecule has 0 bridgehead atoms. The summed E-state index contributed by atoms with van der Waals surface area (Å²) in [6, 6.07) is 8.89. The van der Waals surface area contributed by atoms with Gasteiger partial charge in [-0.05, 0) is 49.1 Å². The third-order valence-electron chi connectivity index (χ3n) is 4.47. The van der Waals surface area contributed by atoms with Crippen molar-refractivity contribution in [3.05, 3.63) is 53.3 Å². The lowest BCUT2D eigenvalue weighted by atomic mass is 9.96. The maximum absolute atomic E-state index is 12.2. The highest BCUT2D eigenvalue weighted by atomic mass is 35.5. The maximum atomic E-state index is 12.2. The highest BCUT2D eigenvalue weighted by Gasteiger charge is 2.19. The molecule has 26 heavy (non-hydrogen) atoms. The Hall–Kier alpha value is -2.73. The van der Waals surface area contributed by atoms with Crippen molar-refractivity contribution < 1.29 is 9.53 Å². The molecule has 7 heteroatoms. The van der Waals surface area contributed by atoms with E-state index in [2.05, 4.69) is 20.6 Å². The van der Waals surface area contributed by atoms with Gasteiger partial charge in [0.2, 0.25) is 5.88 Å². The van der Waals surface area contributed by atoms with Gasteiger partial charge < -0.3 is 20.4 Å². The highest BCUT2D eigenvalue weighted by Crippen LogP contribution is 2.27. The first-order valence-electron chi connectivity index (χ1n) is 8.60. The van der Waals surface area contributed by atoms with Crippen LogP contribution in [0.5, 0.6) is 5.88 Å². The number of nitrogens with one attached hydrogen (secondary N) is 3. The van der Waals surface area contributed by atoms with Crippen LogP contribution in [0.15, 0.2) is 42.7 Å². The van der Waals surface area contributed by atoms with E-state index < -0.39 is 0 Å². The number of amides is 2. The molecule has 2 aromatic heterocycles. The minimum atomic E-state index is -0.301. The van der Waals surface area contributed by atoms with Gasteiger partial charge in [-0.1, -0.05) is 11.6 Å². The van der Waals surface area contributed by atoms with Crippen molar-refractivity contribution in [2.45, 2.75) is 31.9 Å². The smallest absolute Gasteiger partial charge is 0.319 e. The number of hydrogen-bond donors (Lipinski definition) is 3. The predicted molar refractivity (Wildman–Crippen MR) is 102 cm³/mol. The topological polar surface area (TPSA) is 79.0 Å². The molecule has 3 N–H and O–H groups in total. The van der Waals surface area contributed by atoms with Gasteiger partial charge in [0.25, 0.3) is 0 Å². The summed E-state index contributed by atoms with van der Waals surface area (Å²) in [5.74, 6) is 0.610. The lowest BCUT2D eigenvalue weighted by Crippen LogP contribution is -2.28. The monoisotopic (exact) mass is 370 g/mol. The predicted octanol–water partition coefficient (Wildman–Crippen LogP) is 4.47. The van der Waals surface area contributed by atoms with E-state index in [1.54, 1.807) is 12.3 Å². The normalized spacial score (nSPS) is 14.0. The highest BCUT2D eigenvalue weighted by molar-refractivity contribution is 6.35. The number of rotatable bonds is 5. The molecule has 2 heterocycles. The van der Waals surface area contributed by atoms with Gasteiger partial charge in [0.15, 0.2) is 0 Å². The largest absolute Gasteiger partial charge is 0.474 e. The van der Waals surface area contributed by atoms with E-state index in [1.807, 2.05) is 30.5 Å². The molecule has 1 aromatic carbocycles.